The van der Waals surface area contributed by atoms with Crippen LogP contribution in [0.5, 0.6) is 0 Å². The van der Waals surface area contributed by atoms with Crippen LogP contribution in [0.1, 0.15) is 61.8 Å². The van der Waals surface area contributed by atoms with E-state index in [1.807, 2.05) is 34.3 Å². The van der Waals surface area contributed by atoms with Crippen LogP contribution in [0.3, 0.4) is 0 Å². The van der Waals surface area contributed by atoms with Crippen molar-refractivity contribution in [1.29, 1.82) is 0 Å². The smallest absolute Gasteiger partial charge is 0.250 e. The van der Waals surface area contributed by atoms with E-state index in [0.29, 0.717) is 31.8 Å². The van der Waals surface area contributed by atoms with Crippen molar-refractivity contribution < 1.29 is 9.59 Å². The molecular formula is C29H34N4O2. The van der Waals surface area contributed by atoms with E-state index in [2.05, 4.69) is 61.7 Å². The molecule has 1 saturated heterocycles. The molecule has 2 amide bonds. The molecular weight excluding hydrogens is 436 g/mol. The quantitative estimate of drug-likeness (QED) is 0.678. The molecule has 2 aromatic rings. The van der Waals surface area contributed by atoms with Gasteiger partial charge in [0.15, 0.2) is 0 Å². The third-order valence-corrected chi connectivity index (χ3v) is 7.35. The number of rotatable bonds is 6. The first-order chi connectivity index (χ1) is 17.0. The summed E-state index contributed by atoms with van der Waals surface area (Å²) in [6.45, 7) is 6.15. The number of hydrogen-bond donors (Lipinski definition) is 1. The first-order valence-electron chi connectivity index (χ1n) is 12.6. The molecule has 182 valence electrons. The molecule has 0 aliphatic carbocycles. The molecule has 2 aromatic carbocycles. The maximum atomic E-state index is 13.2. The Morgan fingerprint density at radius 2 is 1.83 bits per heavy atom. The zero-order chi connectivity index (χ0) is 24.4. The van der Waals surface area contributed by atoms with E-state index in [1.54, 1.807) is 11.1 Å². The standard InChI is InChI=1S/C29H34N4O2/c1-21(2)22-8-10-25(11-9-22)26-20-27-29(35)32(18-19-33(27)30-26)17-14-28(34)31-15-12-24(13-16-31)23-6-4-3-5-7-23/h3-12,18-19,21,26-27,30H,13-17,20H2,1-2H3. The van der Waals surface area contributed by atoms with Gasteiger partial charge in [-0.1, -0.05) is 74.5 Å². The Morgan fingerprint density at radius 1 is 1.06 bits per heavy atom. The van der Waals surface area contributed by atoms with E-state index in [-0.39, 0.29) is 23.9 Å². The number of nitrogens with one attached hydrogen (secondary N) is 1. The maximum absolute atomic E-state index is 13.2. The van der Waals surface area contributed by atoms with Crippen molar-refractivity contribution >= 4 is 17.4 Å². The fourth-order valence-electron chi connectivity index (χ4n) is 5.14. The van der Waals surface area contributed by atoms with Gasteiger partial charge in [-0.05, 0) is 41.0 Å². The second-order valence-electron chi connectivity index (χ2n) is 9.93. The lowest BCUT2D eigenvalue weighted by molar-refractivity contribution is -0.136. The van der Waals surface area contributed by atoms with Crippen molar-refractivity contribution in [3.63, 3.8) is 0 Å². The lowest BCUT2D eigenvalue weighted by Crippen LogP contribution is -2.48. The molecule has 6 heteroatoms. The van der Waals surface area contributed by atoms with Crippen LogP contribution >= 0.6 is 0 Å². The summed E-state index contributed by atoms with van der Waals surface area (Å²) >= 11 is 0. The molecule has 3 heterocycles. The Bertz CT molecular complexity index is 1120. The Morgan fingerprint density at radius 3 is 2.51 bits per heavy atom. The number of amides is 2. The van der Waals surface area contributed by atoms with Crippen LogP contribution in [0.15, 0.2) is 73.1 Å². The highest BCUT2D eigenvalue weighted by molar-refractivity contribution is 5.85. The van der Waals surface area contributed by atoms with Gasteiger partial charge in [-0.3, -0.25) is 9.59 Å². The molecule has 2 atom stereocenters. The highest BCUT2D eigenvalue weighted by Gasteiger charge is 2.40. The minimum atomic E-state index is -0.240. The monoisotopic (exact) mass is 470 g/mol. The third-order valence-electron chi connectivity index (χ3n) is 7.35. The predicted octanol–water partition coefficient (Wildman–Crippen LogP) is 4.45. The fourth-order valence-corrected chi connectivity index (χ4v) is 5.14. The number of carbonyl (C=O) groups excluding carboxylic acids is 2. The lowest BCUT2D eigenvalue weighted by Gasteiger charge is -2.32. The maximum Gasteiger partial charge on any atom is 0.250 e. The van der Waals surface area contributed by atoms with E-state index in [0.717, 1.165) is 13.0 Å². The molecule has 3 aliphatic heterocycles. The van der Waals surface area contributed by atoms with Gasteiger partial charge in [0, 0.05) is 38.5 Å². The topological polar surface area (TPSA) is 55.9 Å². The van der Waals surface area contributed by atoms with Crippen molar-refractivity contribution in [2.75, 3.05) is 19.6 Å². The number of hydrogen-bond acceptors (Lipinski definition) is 4. The molecule has 6 nitrogen and oxygen atoms in total. The summed E-state index contributed by atoms with van der Waals surface area (Å²) in [5.41, 5.74) is 8.50. The summed E-state index contributed by atoms with van der Waals surface area (Å²) in [5.74, 6) is 0.656. The normalized spacial score (nSPS) is 22.0. The molecule has 2 unspecified atom stereocenters. The average Bonchev–Trinajstić information content (AvgIpc) is 3.34. The minimum absolute atomic E-state index is 0.0546. The fraction of sp³-hybridized carbons (Fsp3) is 0.379. The summed E-state index contributed by atoms with van der Waals surface area (Å²) in [6, 6.07) is 18.9. The van der Waals surface area contributed by atoms with E-state index < -0.39 is 0 Å². The van der Waals surface area contributed by atoms with Crippen LogP contribution < -0.4 is 5.43 Å². The number of fused-ring (bicyclic) bond motifs is 1. The molecule has 0 bridgehead atoms. The zero-order valence-corrected chi connectivity index (χ0v) is 20.6. The molecule has 3 aliphatic rings. The lowest BCUT2D eigenvalue weighted by atomic mass is 9.97. The number of hydrazine groups is 1. The molecule has 35 heavy (non-hydrogen) atoms. The second-order valence-corrected chi connectivity index (χ2v) is 9.93. The highest BCUT2D eigenvalue weighted by atomic mass is 16.2. The minimum Gasteiger partial charge on any atom is -0.339 e. The average molecular weight is 471 g/mol. The van der Waals surface area contributed by atoms with Crippen molar-refractivity contribution in [3.05, 3.63) is 89.8 Å². The van der Waals surface area contributed by atoms with Crippen molar-refractivity contribution in [2.45, 2.75) is 51.1 Å². The van der Waals surface area contributed by atoms with Gasteiger partial charge >= 0.3 is 0 Å². The summed E-state index contributed by atoms with van der Waals surface area (Å²) < 4.78 is 0. The summed E-state index contributed by atoms with van der Waals surface area (Å²) in [4.78, 5) is 29.6. The largest absolute Gasteiger partial charge is 0.339 e. The Kier molecular flexibility index (Phi) is 6.73. The molecule has 5 rings (SSSR count). The first-order valence-corrected chi connectivity index (χ1v) is 12.6. The third kappa shape index (κ3) is 5.03. The molecule has 0 aromatic heterocycles. The van der Waals surface area contributed by atoms with Crippen LogP contribution in [0.25, 0.3) is 5.57 Å². The van der Waals surface area contributed by atoms with Gasteiger partial charge in [-0.25, -0.2) is 5.43 Å². The second kappa shape index (κ2) is 10.1. The van der Waals surface area contributed by atoms with E-state index >= 15 is 0 Å². The van der Waals surface area contributed by atoms with Crippen LogP contribution in [0.2, 0.25) is 0 Å². The summed E-state index contributed by atoms with van der Waals surface area (Å²) in [7, 11) is 0. The van der Waals surface area contributed by atoms with Crippen LogP contribution in [-0.2, 0) is 9.59 Å². The molecule has 1 N–H and O–H groups in total. The summed E-state index contributed by atoms with van der Waals surface area (Å²) in [5, 5.41) is 1.92. The van der Waals surface area contributed by atoms with E-state index in [4.69, 9.17) is 0 Å². The van der Waals surface area contributed by atoms with Gasteiger partial charge < -0.3 is 14.8 Å². The number of carbonyl (C=O) groups is 2. The van der Waals surface area contributed by atoms with Crippen LogP contribution in [0.4, 0.5) is 0 Å². The molecule has 0 radical (unpaired) electrons. The van der Waals surface area contributed by atoms with Crippen molar-refractivity contribution in [1.82, 2.24) is 20.2 Å². The zero-order valence-electron chi connectivity index (χ0n) is 20.6. The van der Waals surface area contributed by atoms with Gasteiger partial charge in [0.2, 0.25) is 5.91 Å². The number of benzene rings is 2. The molecule has 0 spiro atoms. The van der Waals surface area contributed by atoms with Gasteiger partial charge in [-0.15, -0.1) is 0 Å². The predicted molar refractivity (Wildman–Crippen MR) is 138 cm³/mol. The van der Waals surface area contributed by atoms with E-state index in [9.17, 15) is 9.59 Å². The molecule has 1 fully saturated rings. The first kappa shape index (κ1) is 23.4. The highest BCUT2D eigenvalue weighted by Crippen LogP contribution is 2.31. The van der Waals surface area contributed by atoms with Crippen molar-refractivity contribution in [2.24, 2.45) is 0 Å². The van der Waals surface area contributed by atoms with Crippen molar-refractivity contribution in [3.8, 4) is 0 Å². The summed E-state index contributed by atoms with van der Waals surface area (Å²) in [6.07, 6.45) is 7.79. The Hall–Kier alpha value is -3.38. The Labute approximate surface area is 207 Å². The van der Waals surface area contributed by atoms with Gasteiger partial charge in [0.05, 0.1) is 6.04 Å². The van der Waals surface area contributed by atoms with Crippen LogP contribution in [-0.4, -0.2) is 52.3 Å². The van der Waals surface area contributed by atoms with Gasteiger partial charge in [0.25, 0.3) is 5.91 Å². The Balaban J connectivity index is 1.14. The van der Waals surface area contributed by atoms with Crippen LogP contribution in [0, 0.1) is 0 Å². The van der Waals surface area contributed by atoms with E-state index in [1.165, 1.54) is 22.3 Å². The SMILES string of the molecule is CC(C)c1ccc(C2CC3C(=O)N(CCC(=O)N4CC=C(c5ccccc5)CC4)C=CN3N2)cc1. The number of nitrogens with zero attached hydrogens (tertiary/aromatic N) is 3. The van der Waals surface area contributed by atoms with Gasteiger partial charge in [-0.2, -0.15) is 0 Å². The van der Waals surface area contributed by atoms with Gasteiger partial charge in [0.1, 0.15) is 6.04 Å². The molecule has 0 saturated carbocycles.